The van der Waals surface area contributed by atoms with Crippen LogP contribution in [0.15, 0.2) is 42.6 Å². The topological polar surface area (TPSA) is 73.2 Å². The molecule has 0 bridgehead atoms. The lowest BCUT2D eigenvalue weighted by Gasteiger charge is -2.02. The van der Waals surface area contributed by atoms with Gasteiger partial charge in [0.05, 0.1) is 12.3 Å². The maximum Gasteiger partial charge on any atom is 0.397 e. The van der Waals surface area contributed by atoms with Gasteiger partial charge in [0.25, 0.3) is 0 Å². The van der Waals surface area contributed by atoms with E-state index in [-0.39, 0.29) is 6.61 Å². The highest BCUT2D eigenvalue weighted by Crippen LogP contribution is 2.09. The Bertz CT molecular complexity index is 578. The van der Waals surface area contributed by atoms with Crippen molar-refractivity contribution in [3.63, 3.8) is 0 Å². The smallest absolute Gasteiger partial charge is 0.397 e. The third-order valence-corrected chi connectivity index (χ3v) is 2.31. The van der Waals surface area contributed by atoms with Crippen LogP contribution in [0.1, 0.15) is 6.92 Å². The fraction of sp³-hybridized carbons (Fsp3) is 0.154. The molecule has 2 aromatic rings. The molecule has 98 valence electrons. The molecule has 6 heteroatoms. The quantitative estimate of drug-likeness (QED) is 0.667. The van der Waals surface area contributed by atoms with E-state index in [4.69, 9.17) is 0 Å². The van der Waals surface area contributed by atoms with Crippen molar-refractivity contribution >= 4 is 17.7 Å². The lowest BCUT2D eigenvalue weighted by atomic mass is 10.3. The van der Waals surface area contributed by atoms with Crippen LogP contribution < -0.4 is 5.32 Å². The number of esters is 1. The first-order valence-corrected chi connectivity index (χ1v) is 5.80. The summed E-state index contributed by atoms with van der Waals surface area (Å²) in [5, 5.41) is 6.51. The number of aromatic nitrogens is 2. The summed E-state index contributed by atoms with van der Waals surface area (Å²) >= 11 is 0. The van der Waals surface area contributed by atoms with Gasteiger partial charge in [-0.3, -0.25) is 10.1 Å². The summed E-state index contributed by atoms with van der Waals surface area (Å²) in [6.45, 7) is 1.79. The summed E-state index contributed by atoms with van der Waals surface area (Å²) in [4.78, 5) is 22.6. The van der Waals surface area contributed by atoms with Crippen LogP contribution in [-0.2, 0) is 14.3 Å². The molecule has 0 saturated carbocycles. The Balaban J connectivity index is 2.06. The standard InChI is InChI=1S/C13H13N3O3/c1-2-19-13(18)12(17)14-11-8-9-16(15-11)10-6-4-3-5-7-10/h3-9H,2H2,1H3,(H,14,15,17). The summed E-state index contributed by atoms with van der Waals surface area (Å²) in [7, 11) is 0. The molecule has 0 unspecified atom stereocenters. The van der Waals surface area contributed by atoms with Gasteiger partial charge in [0.15, 0.2) is 5.82 Å². The maximum atomic E-state index is 11.4. The molecule has 19 heavy (non-hydrogen) atoms. The molecule has 1 aromatic heterocycles. The van der Waals surface area contributed by atoms with Crippen LogP contribution in [0.5, 0.6) is 0 Å². The molecular weight excluding hydrogens is 246 g/mol. The first kappa shape index (κ1) is 12.8. The van der Waals surface area contributed by atoms with Crippen LogP contribution in [0.4, 0.5) is 5.82 Å². The largest absolute Gasteiger partial charge is 0.459 e. The number of ether oxygens (including phenoxy) is 1. The molecular formula is C13H13N3O3. The molecule has 0 radical (unpaired) electrons. The van der Waals surface area contributed by atoms with Crippen LogP contribution in [0.2, 0.25) is 0 Å². The molecule has 0 aliphatic rings. The minimum absolute atomic E-state index is 0.157. The Labute approximate surface area is 110 Å². The van der Waals surface area contributed by atoms with E-state index >= 15 is 0 Å². The van der Waals surface area contributed by atoms with Gasteiger partial charge in [-0.2, -0.15) is 5.10 Å². The zero-order chi connectivity index (χ0) is 13.7. The van der Waals surface area contributed by atoms with Crippen molar-refractivity contribution in [1.29, 1.82) is 0 Å². The van der Waals surface area contributed by atoms with Crippen LogP contribution in [0, 0.1) is 0 Å². The number of hydrogen-bond donors (Lipinski definition) is 1. The van der Waals surface area contributed by atoms with Crippen LogP contribution in [0.3, 0.4) is 0 Å². The normalized spacial score (nSPS) is 9.95. The lowest BCUT2D eigenvalue weighted by Crippen LogP contribution is -2.25. The monoisotopic (exact) mass is 259 g/mol. The van der Waals surface area contributed by atoms with E-state index in [0.717, 1.165) is 5.69 Å². The summed E-state index contributed by atoms with van der Waals surface area (Å²) in [5.74, 6) is -1.46. The van der Waals surface area contributed by atoms with Gasteiger partial charge in [0.1, 0.15) is 0 Å². The van der Waals surface area contributed by atoms with Gasteiger partial charge < -0.3 is 4.74 Å². The molecule has 1 heterocycles. The van der Waals surface area contributed by atoms with Gasteiger partial charge in [-0.25, -0.2) is 9.48 Å². The number of benzene rings is 1. The summed E-state index contributed by atoms with van der Waals surface area (Å²) in [6, 6.07) is 11.0. The second-order valence-electron chi connectivity index (χ2n) is 3.66. The van der Waals surface area contributed by atoms with Crippen LogP contribution >= 0.6 is 0 Å². The SMILES string of the molecule is CCOC(=O)C(=O)Nc1ccn(-c2ccccc2)n1. The highest BCUT2D eigenvalue weighted by molar-refractivity contribution is 6.37. The number of rotatable bonds is 3. The molecule has 0 aliphatic heterocycles. The van der Waals surface area contributed by atoms with E-state index < -0.39 is 11.9 Å². The Morgan fingerprint density at radius 1 is 1.26 bits per heavy atom. The van der Waals surface area contributed by atoms with Crippen molar-refractivity contribution in [2.45, 2.75) is 6.92 Å². The van der Waals surface area contributed by atoms with E-state index in [1.54, 1.807) is 23.9 Å². The fourth-order valence-corrected chi connectivity index (χ4v) is 1.48. The molecule has 1 aromatic carbocycles. The Morgan fingerprint density at radius 3 is 2.68 bits per heavy atom. The molecule has 1 N–H and O–H groups in total. The number of carbonyl (C=O) groups is 2. The van der Waals surface area contributed by atoms with Gasteiger partial charge in [-0.05, 0) is 19.1 Å². The number of hydrogen-bond acceptors (Lipinski definition) is 4. The zero-order valence-electron chi connectivity index (χ0n) is 10.4. The van der Waals surface area contributed by atoms with E-state index in [0.29, 0.717) is 5.82 Å². The highest BCUT2D eigenvalue weighted by Gasteiger charge is 2.15. The highest BCUT2D eigenvalue weighted by atomic mass is 16.5. The van der Waals surface area contributed by atoms with Crippen molar-refractivity contribution in [2.24, 2.45) is 0 Å². The van der Waals surface area contributed by atoms with Crippen LogP contribution in [0.25, 0.3) is 5.69 Å². The molecule has 0 fully saturated rings. The minimum atomic E-state index is -0.920. The summed E-state index contributed by atoms with van der Waals surface area (Å²) in [5.41, 5.74) is 0.860. The van der Waals surface area contributed by atoms with Crippen LogP contribution in [-0.4, -0.2) is 28.3 Å². The van der Waals surface area contributed by atoms with Gasteiger partial charge in [-0.15, -0.1) is 0 Å². The first-order chi connectivity index (χ1) is 9.20. The average Bonchev–Trinajstić information content (AvgIpc) is 2.88. The summed E-state index contributed by atoms with van der Waals surface area (Å²) < 4.78 is 6.18. The van der Waals surface area contributed by atoms with E-state index in [2.05, 4.69) is 15.2 Å². The second kappa shape index (κ2) is 5.81. The predicted octanol–water partition coefficient (Wildman–Crippen LogP) is 1.37. The van der Waals surface area contributed by atoms with Gasteiger partial charge in [-0.1, -0.05) is 18.2 Å². The van der Waals surface area contributed by atoms with Gasteiger partial charge in [0, 0.05) is 12.3 Å². The van der Waals surface area contributed by atoms with Crippen molar-refractivity contribution in [3.05, 3.63) is 42.6 Å². The molecule has 6 nitrogen and oxygen atoms in total. The molecule has 0 saturated heterocycles. The predicted molar refractivity (Wildman–Crippen MR) is 68.8 cm³/mol. The zero-order valence-corrected chi connectivity index (χ0v) is 10.4. The van der Waals surface area contributed by atoms with Gasteiger partial charge in [0.2, 0.25) is 0 Å². The maximum absolute atomic E-state index is 11.4. The lowest BCUT2D eigenvalue weighted by molar-refractivity contribution is -0.152. The molecule has 2 rings (SSSR count). The number of anilines is 1. The van der Waals surface area contributed by atoms with Crippen molar-refractivity contribution in [2.75, 3.05) is 11.9 Å². The first-order valence-electron chi connectivity index (χ1n) is 5.80. The molecule has 0 spiro atoms. The number of nitrogens with one attached hydrogen (secondary N) is 1. The Morgan fingerprint density at radius 2 is 2.00 bits per heavy atom. The molecule has 0 aliphatic carbocycles. The number of carbonyl (C=O) groups excluding carboxylic acids is 2. The minimum Gasteiger partial charge on any atom is -0.459 e. The number of amides is 1. The third-order valence-electron chi connectivity index (χ3n) is 2.31. The number of nitrogens with zero attached hydrogens (tertiary/aromatic N) is 2. The van der Waals surface area contributed by atoms with E-state index in [1.165, 1.54) is 0 Å². The van der Waals surface area contributed by atoms with Crippen molar-refractivity contribution < 1.29 is 14.3 Å². The molecule has 1 amide bonds. The average molecular weight is 259 g/mol. The fourth-order valence-electron chi connectivity index (χ4n) is 1.48. The Hall–Kier alpha value is -2.63. The summed E-state index contributed by atoms with van der Waals surface area (Å²) in [6.07, 6.45) is 1.69. The van der Waals surface area contributed by atoms with E-state index in [1.807, 2.05) is 30.3 Å². The molecule has 0 atom stereocenters. The Kier molecular flexibility index (Phi) is 3.92. The van der Waals surface area contributed by atoms with Crippen molar-refractivity contribution in [1.82, 2.24) is 9.78 Å². The second-order valence-corrected chi connectivity index (χ2v) is 3.66. The third kappa shape index (κ3) is 3.19. The van der Waals surface area contributed by atoms with Crippen molar-refractivity contribution in [3.8, 4) is 5.69 Å². The van der Waals surface area contributed by atoms with Gasteiger partial charge >= 0.3 is 11.9 Å². The number of para-hydroxylation sites is 1. The van der Waals surface area contributed by atoms with E-state index in [9.17, 15) is 9.59 Å².